The van der Waals surface area contributed by atoms with Gasteiger partial charge in [-0.3, -0.25) is 14.4 Å². The smallest absolute Gasteiger partial charge is 0.253 e. The third kappa shape index (κ3) is 4.48. The largest absolute Gasteiger partial charge is 0.349 e. The van der Waals surface area contributed by atoms with Crippen LogP contribution in [0.2, 0.25) is 0 Å². The van der Waals surface area contributed by atoms with Crippen molar-refractivity contribution < 1.29 is 14.4 Å². The highest BCUT2D eigenvalue weighted by Gasteiger charge is 2.36. The fourth-order valence-corrected chi connectivity index (χ4v) is 4.50. The Bertz CT molecular complexity index is 1010. The standard InChI is InChI=1S/C25H29N3O3/c1-16-8-7-13-22(17(16)2)28-15-18(14-23(28)29)24(30)27-21-12-6-5-11-20(21)25(31)26-19-9-3-4-10-19/h5-8,11-13,18-19H,3-4,9-10,14-15H2,1-2H3,(H,26,31)(H,27,30)/t18-/m1/s1. The summed E-state index contributed by atoms with van der Waals surface area (Å²) in [6.07, 6.45) is 4.43. The van der Waals surface area contributed by atoms with Gasteiger partial charge in [-0.1, -0.05) is 37.1 Å². The molecule has 4 rings (SSSR count). The molecule has 1 heterocycles. The Labute approximate surface area is 183 Å². The topological polar surface area (TPSA) is 78.5 Å². The first-order chi connectivity index (χ1) is 14.9. The molecule has 1 aliphatic heterocycles. The lowest BCUT2D eigenvalue weighted by Gasteiger charge is -2.20. The predicted octanol–water partition coefficient (Wildman–Crippen LogP) is 3.97. The zero-order chi connectivity index (χ0) is 22.0. The number of anilines is 2. The van der Waals surface area contributed by atoms with Gasteiger partial charge < -0.3 is 15.5 Å². The molecule has 31 heavy (non-hydrogen) atoms. The number of hydrogen-bond donors (Lipinski definition) is 2. The Morgan fingerprint density at radius 2 is 1.74 bits per heavy atom. The summed E-state index contributed by atoms with van der Waals surface area (Å²) in [5, 5.41) is 5.97. The van der Waals surface area contributed by atoms with E-state index in [4.69, 9.17) is 0 Å². The summed E-state index contributed by atoms with van der Waals surface area (Å²) < 4.78 is 0. The fourth-order valence-electron chi connectivity index (χ4n) is 4.50. The highest BCUT2D eigenvalue weighted by atomic mass is 16.2. The van der Waals surface area contributed by atoms with E-state index in [0.29, 0.717) is 17.8 Å². The van der Waals surface area contributed by atoms with Gasteiger partial charge >= 0.3 is 0 Å². The van der Waals surface area contributed by atoms with Crippen molar-refractivity contribution in [3.05, 3.63) is 59.2 Å². The van der Waals surface area contributed by atoms with Crippen LogP contribution in [0.5, 0.6) is 0 Å². The molecule has 6 heteroatoms. The van der Waals surface area contributed by atoms with E-state index < -0.39 is 5.92 Å². The molecule has 1 aliphatic carbocycles. The molecule has 1 atom stereocenters. The third-order valence-electron chi connectivity index (χ3n) is 6.48. The second-order valence-corrected chi connectivity index (χ2v) is 8.61. The van der Waals surface area contributed by atoms with E-state index in [1.54, 1.807) is 29.2 Å². The minimum Gasteiger partial charge on any atom is -0.349 e. The lowest BCUT2D eigenvalue weighted by molar-refractivity contribution is -0.122. The van der Waals surface area contributed by atoms with Crippen LogP contribution in [0.1, 0.15) is 53.6 Å². The quantitative estimate of drug-likeness (QED) is 0.770. The van der Waals surface area contributed by atoms with Crippen LogP contribution in [-0.4, -0.2) is 30.3 Å². The van der Waals surface area contributed by atoms with Crippen LogP contribution in [0.4, 0.5) is 11.4 Å². The Morgan fingerprint density at radius 3 is 2.52 bits per heavy atom. The van der Waals surface area contributed by atoms with Crippen molar-refractivity contribution >= 4 is 29.1 Å². The van der Waals surface area contributed by atoms with Crippen LogP contribution < -0.4 is 15.5 Å². The number of para-hydroxylation sites is 1. The first-order valence-corrected chi connectivity index (χ1v) is 11.0. The van der Waals surface area contributed by atoms with Crippen molar-refractivity contribution in [3.8, 4) is 0 Å². The molecule has 2 aliphatic rings. The van der Waals surface area contributed by atoms with Gasteiger partial charge in [-0.05, 0) is 56.0 Å². The number of carbonyl (C=O) groups is 3. The third-order valence-corrected chi connectivity index (χ3v) is 6.48. The SMILES string of the molecule is Cc1cccc(N2C[C@H](C(=O)Nc3ccccc3C(=O)NC3CCCC3)CC2=O)c1C. The molecular weight excluding hydrogens is 390 g/mol. The molecule has 2 fully saturated rings. The molecule has 6 nitrogen and oxygen atoms in total. The molecule has 1 saturated carbocycles. The van der Waals surface area contributed by atoms with Gasteiger partial charge in [0.1, 0.15) is 0 Å². The van der Waals surface area contributed by atoms with Gasteiger partial charge in [0, 0.05) is 24.7 Å². The Morgan fingerprint density at radius 1 is 1.00 bits per heavy atom. The van der Waals surface area contributed by atoms with E-state index >= 15 is 0 Å². The maximum Gasteiger partial charge on any atom is 0.253 e. The maximum atomic E-state index is 13.0. The van der Waals surface area contributed by atoms with Crippen LogP contribution in [0.3, 0.4) is 0 Å². The number of carbonyl (C=O) groups excluding carboxylic acids is 3. The van der Waals surface area contributed by atoms with Crippen LogP contribution in [-0.2, 0) is 9.59 Å². The van der Waals surface area contributed by atoms with Crippen molar-refractivity contribution in [2.45, 2.75) is 52.0 Å². The molecular formula is C25H29N3O3. The zero-order valence-electron chi connectivity index (χ0n) is 18.1. The average molecular weight is 420 g/mol. The van der Waals surface area contributed by atoms with Crippen molar-refractivity contribution in [1.82, 2.24) is 5.32 Å². The molecule has 2 aromatic carbocycles. The summed E-state index contributed by atoms with van der Waals surface area (Å²) in [6.45, 7) is 4.34. The molecule has 0 unspecified atom stereocenters. The Balaban J connectivity index is 1.46. The second kappa shape index (κ2) is 8.92. The highest BCUT2D eigenvalue weighted by Crippen LogP contribution is 2.30. The van der Waals surface area contributed by atoms with E-state index in [1.807, 2.05) is 32.0 Å². The number of rotatable bonds is 5. The van der Waals surface area contributed by atoms with E-state index in [0.717, 1.165) is 42.5 Å². The van der Waals surface area contributed by atoms with E-state index in [2.05, 4.69) is 10.6 Å². The van der Waals surface area contributed by atoms with Gasteiger partial charge in [0.2, 0.25) is 11.8 Å². The van der Waals surface area contributed by atoms with Crippen LogP contribution >= 0.6 is 0 Å². The zero-order valence-corrected chi connectivity index (χ0v) is 18.1. The first-order valence-electron chi connectivity index (χ1n) is 11.0. The molecule has 0 bridgehead atoms. The van der Waals surface area contributed by atoms with E-state index in [9.17, 15) is 14.4 Å². The minimum absolute atomic E-state index is 0.0545. The molecule has 162 valence electrons. The monoisotopic (exact) mass is 419 g/mol. The Kier molecular flexibility index (Phi) is 6.07. The summed E-state index contributed by atoms with van der Waals surface area (Å²) in [5.74, 6) is -0.913. The fraction of sp³-hybridized carbons (Fsp3) is 0.400. The van der Waals surface area contributed by atoms with Crippen molar-refractivity contribution in [2.75, 3.05) is 16.8 Å². The van der Waals surface area contributed by atoms with Gasteiger partial charge in [-0.15, -0.1) is 0 Å². The first kappa shape index (κ1) is 21.1. The number of nitrogens with zero attached hydrogens (tertiary/aromatic N) is 1. The lowest BCUT2D eigenvalue weighted by Crippen LogP contribution is -2.34. The van der Waals surface area contributed by atoms with E-state index in [-0.39, 0.29) is 30.2 Å². The van der Waals surface area contributed by atoms with Gasteiger partial charge in [0.05, 0.1) is 17.2 Å². The van der Waals surface area contributed by atoms with Gasteiger partial charge in [-0.2, -0.15) is 0 Å². The number of nitrogens with one attached hydrogen (secondary N) is 2. The highest BCUT2D eigenvalue weighted by molar-refractivity contribution is 6.07. The summed E-state index contributed by atoms with van der Waals surface area (Å²) in [7, 11) is 0. The summed E-state index contributed by atoms with van der Waals surface area (Å²) >= 11 is 0. The van der Waals surface area contributed by atoms with Gasteiger partial charge in [0.25, 0.3) is 5.91 Å². The van der Waals surface area contributed by atoms with Crippen LogP contribution in [0, 0.1) is 19.8 Å². The number of hydrogen-bond acceptors (Lipinski definition) is 3. The van der Waals surface area contributed by atoms with Crippen LogP contribution in [0.15, 0.2) is 42.5 Å². The van der Waals surface area contributed by atoms with Gasteiger partial charge in [-0.25, -0.2) is 0 Å². The molecule has 2 N–H and O–H groups in total. The van der Waals surface area contributed by atoms with Crippen LogP contribution in [0.25, 0.3) is 0 Å². The van der Waals surface area contributed by atoms with Crippen molar-refractivity contribution in [3.63, 3.8) is 0 Å². The number of aryl methyl sites for hydroxylation is 1. The molecule has 3 amide bonds. The summed E-state index contributed by atoms with van der Waals surface area (Å²) in [4.78, 5) is 40.1. The van der Waals surface area contributed by atoms with Gasteiger partial charge in [0.15, 0.2) is 0 Å². The van der Waals surface area contributed by atoms with E-state index in [1.165, 1.54) is 0 Å². The molecule has 2 aromatic rings. The summed E-state index contributed by atoms with van der Waals surface area (Å²) in [6, 6.07) is 13.1. The number of benzene rings is 2. The predicted molar refractivity (Wildman–Crippen MR) is 121 cm³/mol. The lowest BCUT2D eigenvalue weighted by atomic mass is 10.1. The minimum atomic E-state index is -0.460. The molecule has 0 radical (unpaired) electrons. The number of amides is 3. The second-order valence-electron chi connectivity index (χ2n) is 8.61. The summed E-state index contributed by atoms with van der Waals surface area (Å²) in [5.41, 5.74) is 3.96. The normalized spacial score (nSPS) is 19.0. The van der Waals surface area contributed by atoms with Crippen molar-refractivity contribution in [2.24, 2.45) is 5.92 Å². The molecule has 0 spiro atoms. The Hall–Kier alpha value is -3.15. The average Bonchev–Trinajstić information content (AvgIpc) is 3.40. The molecule has 1 saturated heterocycles. The molecule has 0 aromatic heterocycles. The maximum absolute atomic E-state index is 13.0. The van der Waals surface area contributed by atoms with Crippen molar-refractivity contribution in [1.29, 1.82) is 0 Å².